The second-order valence-corrected chi connectivity index (χ2v) is 5.69. The lowest BCUT2D eigenvalue weighted by Crippen LogP contribution is -2.62. The SMILES string of the molecule is CC1(C)C(=O)NCCN1CCC(=O)Nc1ccccc1N. The largest absolute Gasteiger partial charge is 0.397 e. The van der Waals surface area contributed by atoms with Crippen molar-refractivity contribution in [2.45, 2.75) is 25.8 Å². The van der Waals surface area contributed by atoms with Crippen molar-refractivity contribution < 1.29 is 9.59 Å². The summed E-state index contributed by atoms with van der Waals surface area (Å²) in [7, 11) is 0. The Bertz CT molecular complexity index is 542. The van der Waals surface area contributed by atoms with Crippen LogP contribution in [0.1, 0.15) is 20.3 Å². The van der Waals surface area contributed by atoms with E-state index in [0.29, 0.717) is 30.9 Å². The van der Waals surface area contributed by atoms with Gasteiger partial charge in [-0.2, -0.15) is 0 Å². The third-order valence-electron chi connectivity index (χ3n) is 3.86. The highest BCUT2D eigenvalue weighted by Crippen LogP contribution is 2.19. The first-order valence-electron chi connectivity index (χ1n) is 7.09. The van der Waals surface area contributed by atoms with Gasteiger partial charge in [0.25, 0.3) is 0 Å². The van der Waals surface area contributed by atoms with E-state index >= 15 is 0 Å². The Kier molecular flexibility index (Phi) is 4.47. The summed E-state index contributed by atoms with van der Waals surface area (Å²) in [6.45, 7) is 5.65. The van der Waals surface area contributed by atoms with Gasteiger partial charge in [0.2, 0.25) is 11.8 Å². The van der Waals surface area contributed by atoms with Gasteiger partial charge in [-0.05, 0) is 26.0 Å². The number of nitrogen functional groups attached to an aromatic ring is 1. The van der Waals surface area contributed by atoms with Crippen molar-refractivity contribution in [3.63, 3.8) is 0 Å². The number of benzene rings is 1. The van der Waals surface area contributed by atoms with Crippen LogP contribution < -0.4 is 16.4 Å². The Hall–Kier alpha value is -2.08. The third-order valence-corrected chi connectivity index (χ3v) is 3.86. The molecule has 0 unspecified atom stereocenters. The van der Waals surface area contributed by atoms with Crippen LogP contribution in [-0.2, 0) is 9.59 Å². The number of anilines is 2. The molecule has 114 valence electrons. The van der Waals surface area contributed by atoms with Crippen LogP contribution >= 0.6 is 0 Å². The molecule has 0 aliphatic carbocycles. The van der Waals surface area contributed by atoms with Gasteiger partial charge in [0.1, 0.15) is 0 Å². The number of hydrogen-bond donors (Lipinski definition) is 3. The van der Waals surface area contributed by atoms with E-state index in [1.165, 1.54) is 0 Å². The van der Waals surface area contributed by atoms with Crippen molar-refractivity contribution >= 4 is 23.2 Å². The van der Waals surface area contributed by atoms with Crippen molar-refractivity contribution in [1.29, 1.82) is 0 Å². The minimum Gasteiger partial charge on any atom is -0.397 e. The molecule has 2 rings (SSSR count). The fourth-order valence-electron chi connectivity index (χ4n) is 2.40. The van der Waals surface area contributed by atoms with E-state index in [1.807, 2.05) is 30.9 Å². The predicted octanol–water partition coefficient (Wildman–Crippen LogP) is 0.808. The lowest BCUT2D eigenvalue weighted by molar-refractivity contribution is -0.135. The number of rotatable bonds is 4. The monoisotopic (exact) mass is 290 g/mol. The van der Waals surface area contributed by atoms with Crippen LogP contribution in [0.4, 0.5) is 11.4 Å². The number of piperazine rings is 1. The Labute approximate surface area is 124 Å². The van der Waals surface area contributed by atoms with E-state index in [-0.39, 0.29) is 11.8 Å². The number of carbonyl (C=O) groups excluding carboxylic acids is 2. The van der Waals surface area contributed by atoms with Crippen LogP contribution in [-0.4, -0.2) is 41.9 Å². The molecular weight excluding hydrogens is 268 g/mol. The number of nitrogens with zero attached hydrogens (tertiary/aromatic N) is 1. The summed E-state index contributed by atoms with van der Waals surface area (Å²) < 4.78 is 0. The molecule has 0 atom stereocenters. The molecule has 6 nitrogen and oxygen atoms in total. The minimum absolute atomic E-state index is 0.00135. The molecule has 1 aromatic carbocycles. The van der Waals surface area contributed by atoms with E-state index in [1.54, 1.807) is 12.1 Å². The summed E-state index contributed by atoms with van der Waals surface area (Å²) in [5.74, 6) is -0.101. The molecule has 1 fully saturated rings. The second kappa shape index (κ2) is 6.13. The quantitative estimate of drug-likeness (QED) is 0.716. The smallest absolute Gasteiger partial charge is 0.239 e. The normalized spacial score (nSPS) is 18.1. The Morgan fingerprint density at radius 1 is 1.43 bits per heavy atom. The van der Waals surface area contributed by atoms with Gasteiger partial charge < -0.3 is 16.4 Å². The van der Waals surface area contributed by atoms with Gasteiger partial charge in [-0.25, -0.2) is 0 Å². The molecule has 2 amide bonds. The molecule has 0 aromatic heterocycles. The van der Waals surface area contributed by atoms with Crippen LogP contribution in [0.25, 0.3) is 0 Å². The van der Waals surface area contributed by atoms with Gasteiger partial charge in [0.05, 0.1) is 16.9 Å². The Morgan fingerprint density at radius 2 is 2.14 bits per heavy atom. The predicted molar refractivity (Wildman–Crippen MR) is 82.8 cm³/mol. The van der Waals surface area contributed by atoms with Crippen LogP contribution in [0.15, 0.2) is 24.3 Å². The summed E-state index contributed by atoms with van der Waals surface area (Å²) in [6, 6.07) is 7.16. The maximum atomic E-state index is 12.0. The highest BCUT2D eigenvalue weighted by molar-refractivity contribution is 5.94. The van der Waals surface area contributed by atoms with Gasteiger partial charge >= 0.3 is 0 Å². The number of amides is 2. The van der Waals surface area contributed by atoms with E-state index in [0.717, 1.165) is 6.54 Å². The van der Waals surface area contributed by atoms with Crippen LogP contribution in [0.5, 0.6) is 0 Å². The molecule has 1 saturated heterocycles. The molecule has 1 aliphatic rings. The summed E-state index contributed by atoms with van der Waals surface area (Å²) in [6.07, 6.45) is 0.324. The number of carbonyl (C=O) groups is 2. The number of nitrogens with two attached hydrogens (primary N) is 1. The first kappa shape index (κ1) is 15.3. The maximum Gasteiger partial charge on any atom is 0.239 e. The van der Waals surface area contributed by atoms with Crippen LogP contribution in [0.3, 0.4) is 0 Å². The fraction of sp³-hybridized carbons (Fsp3) is 0.467. The average Bonchev–Trinajstić information content (AvgIpc) is 2.43. The van der Waals surface area contributed by atoms with E-state index in [4.69, 9.17) is 5.73 Å². The van der Waals surface area contributed by atoms with Crippen molar-refractivity contribution in [2.24, 2.45) is 0 Å². The molecule has 0 spiro atoms. The lowest BCUT2D eigenvalue weighted by atomic mass is 9.98. The Morgan fingerprint density at radius 3 is 2.86 bits per heavy atom. The van der Waals surface area contributed by atoms with E-state index < -0.39 is 5.54 Å². The lowest BCUT2D eigenvalue weighted by Gasteiger charge is -2.41. The van der Waals surface area contributed by atoms with E-state index in [2.05, 4.69) is 10.6 Å². The maximum absolute atomic E-state index is 12.0. The molecule has 1 aliphatic heterocycles. The number of para-hydroxylation sites is 2. The zero-order chi connectivity index (χ0) is 15.5. The average molecular weight is 290 g/mol. The highest BCUT2D eigenvalue weighted by Gasteiger charge is 2.37. The summed E-state index contributed by atoms with van der Waals surface area (Å²) in [5.41, 5.74) is 6.38. The molecule has 6 heteroatoms. The van der Waals surface area contributed by atoms with Crippen molar-refractivity contribution in [3.8, 4) is 0 Å². The molecule has 0 bridgehead atoms. The van der Waals surface area contributed by atoms with Crippen molar-refractivity contribution in [3.05, 3.63) is 24.3 Å². The Balaban J connectivity index is 1.89. The van der Waals surface area contributed by atoms with E-state index in [9.17, 15) is 9.59 Å². The van der Waals surface area contributed by atoms with Crippen LogP contribution in [0, 0.1) is 0 Å². The van der Waals surface area contributed by atoms with Crippen molar-refractivity contribution in [1.82, 2.24) is 10.2 Å². The first-order chi connectivity index (χ1) is 9.91. The zero-order valence-corrected chi connectivity index (χ0v) is 12.5. The zero-order valence-electron chi connectivity index (χ0n) is 12.5. The minimum atomic E-state index is -0.579. The second-order valence-electron chi connectivity index (χ2n) is 5.69. The first-order valence-corrected chi connectivity index (χ1v) is 7.09. The van der Waals surface area contributed by atoms with Crippen LogP contribution in [0.2, 0.25) is 0 Å². The number of nitrogens with one attached hydrogen (secondary N) is 2. The fourth-order valence-corrected chi connectivity index (χ4v) is 2.40. The van der Waals surface area contributed by atoms with Crippen molar-refractivity contribution in [2.75, 3.05) is 30.7 Å². The molecule has 1 aromatic rings. The third kappa shape index (κ3) is 3.52. The molecule has 4 N–H and O–H groups in total. The molecule has 21 heavy (non-hydrogen) atoms. The topological polar surface area (TPSA) is 87.5 Å². The van der Waals surface area contributed by atoms with Gasteiger partial charge in [0.15, 0.2) is 0 Å². The van der Waals surface area contributed by atoms with Gasteiger partial charge in [-0.3, -0.25) is 14.5 Å². The summed E-state index contributed by atoms with van der Waals surface area (Å²) in [4.78, 5) is 25.9. The van der Waals surface area contributed by atoms with Gasteiger partial charge in [-0.15, -0.1) is 0 Å². The molecule has 1 heterocycles. The molecular formula is C15H22N4O2. The number of hydrogen-bond acceptors (Lipinski definition) is 4. The standard InChI is InChI=1S/C15H22N4O2/c1-15(2)14(21)17-8-10-19(15)9-7-13(20)18-12-6-4-3-5-11(12)16/h3-6H,7-10,16H2,1-2H3,(H,17,21)(H,18,20). The molecule has 0 saturated carbocycles. The van der Waals surface area contributed by atoms with Gasteiger partial charge in [0, 0.05) is 26.1 Å². The summed E-state index contributed by atoms with van der Waals surface area (Å²) >= 11 is 0. The highest BCUT2D eigenvalue weighted by atomic mass is 16.2. The molecule has 0 radical (unpaired) electrons. The van der Waals surface area contributed by atoms with Gasteiger partial charge in [-0.1, -0.05) is 12.1 Å². The summed E-state index contributed by atoms with van der Waals surface area (Å²) in [5, 5.41) is 5.64.